The highest BCUT2D eigenvalue weighted by Gasteiger charge is 2.52. The van der Waals surface area contributed by atoms with E-state index in [0.29, 0.717) is 0 Å². The van der Waals surface area contributed by atoms with Crippen LogP contribution in [0.15, 0.2) is 0 Å². The molecular weight excluding hydrogens is 472 g/mol. The van der Waals surface area contributed by atoms with E-state index < -0.39 is 54.6 Å². The van der Waals surface area contributed by atoms with Gasteiger partial charge in [-0.1, -0.05) is 60.8 Å². The molecule has 0 unspecified atom stereocenters. The van der Waals surface area contributed by atoms with Crippen LogP contribution in [0.4, 0.5) is 0 Å². The third kappa shape index (κ3) is 10.8. The van der Waals surface area contributed by atoms with Crippen molar-refractivity contribution in [2.45, 2.75) is 118 Å². The molecule has 0 spiro atoms. The number of aliphatic hydroxyl groups excluding tert-OH is 1. The average molecular weight is 517 g/mol. The van der Waals surface area contributed by atoms with Crippen molar-refractivity contribution in [3.05, 3.63) is 0 Å². The Bertz CT molecular complexity index is 724. The van der Waals surface area contributed by atoms with Crippen molar-refractivity contribution in [1.29, 1.82) is 0 Å². The minimum absolute atomic E-state index is 0.0249. The maximum Gasteiger partial charge on any atom is 0.306 e. The second-order valence-electron chi connectivity index (χ2n) is 9.88. The fourth-order valence-electron chi connectivity index (χ4n) is 3.52. The molecule has 0 amide bonds. The number of hydrogen-bond acceptors (Lipinski definition) is 10. The molecule has 1 saturated heterocycles. The first-order chi connectivity index (χ1) is 16.9. The van der Waals surface area contributed by atoms with Crippen molar-refractivity contribution in [3.63, 3.8) is 0 Å². The molecule has 1 fully saturated rings. The van der Waals surface area contributed by atoms with Crippen LogP contribution >= 0.6 is 0 Å². The highest BCUT2D eigenvalue weighted by atomic mass is 16.7. The van der Waals surface area contributed by atoms with Gasteiger partial charge < -0.3 is 28.8 Å². The molecule has 8 atom stereocenters. The smallest absolute Gasteiger partial charge is 0.306 e. The summed E-state index contributed by atoms with van der Waals surface area (Å²) in [6, 6.07) is 0. The summed E-state index contributed by atoms with van der Waals surface area (Å²) >= 11 is 0. The lowest BCUT2D eigenvalue weighted by Crippen LogP contribution is -2.62. The van der Waals surface area contributed by atoms with Crippen molar-refractivity contribution in [3.8, 4) is 0 Å². The van der Waals surface area contributed by atoms with Gasteiger partial charge in [-0.15, -0.1) is 0 Å². The van der Waals surface area contributed by atoms with Crippen LogP contribution in [0.25, 0.3) is 0 Å². The molecule has 0 aromatic rings. The molecule has 0 radical (unpaired) electrons. The van der Waals surface area contributed by atoms with Gasteiger partial charge in [-0.05, 0) is 17.8 Å². The minimum Gasteiger partial charge on any atom is -0.463 e. The Labute approximate surface area is 214 Å². The predicted octanol–water partition coefficient (Wildman–Crippen LogP) is 3.31. The van der Waals surface area contributed by atoms with Crippen LogP contribution in [0.1, 0.15) is 87.0 Å². The van der Waals surface area contributed by atoms with Crippen LogP contribution < -0.4 is 0 Å². The molecule has 208 valence electrons. The van der Waals surface area contributed by atoms with Gasteiger partial charge in [-0.2, -0.15) is 0 Å². The lowest BCUT2D eigenvalue weighted by molar-refractivity contribution is -0.297. The standard InChI is InChI=1S/C26H44O10/c1-8-15(4)11-20(28)34-23-19(14-32-18(7)27)33-26(31)25(36-22(30)13-17(6)10-3)24(23)35-21(29)12-16(5)9-2/h15-17,19,23-26,31H,8-14H2,1-7H3/t15-,16-,17-,19+,23+,24-,25+,26+/m0/s1. The Hall–Kier alpha value is -2.20. The van der Waals surface area contributed by atoms with Gasteiger partial charge in [-0.25, -0.2) is 0 Å². The van der Waals surface area contributed by atoms with E-state index in [9.17, 15) is 24.3 Å². The summed E-state index contributed by atoms with van der Waals surface area (Å²) < 4.78 is 27.5. The van der Waals surface area contributed by atoms with E-state index in [1.165, 1.54) is 6.92 Å². The quantitative estimate of drug-likeness (QED) is 0.271. The van der Waals surface area contributed by atoms with Gasteiger partial charge >= 0.3 is 23.9 Å². The topological polar surface area (TPSA) is 135 Å². The second kappa shape index (κ2) is 15.8. The maximum absolute atomic E-state index is 12.8. The van der Waals surface area contributed by atoms with Gasteiger partial charge in [0.25, 0.3) is 0 Å². The summed E-state index contributed by atoms with van der Waals surface area (Å²) in [6.07, 6.45) is -4.41. The number of esters is 4. The molecular formula is C26H44O10. The van der Waals surface area contributed by atoms with Crippen molar-refractivity contribution in [2.24, 2.45) is 17.8 Å². The Morgan fingerprint density at radius 2 is 1.11 bits per heavy atom. The van der Waals surface area contributed by atoms with Gasteiger partial charge in [-0.3, -0.25) is 19.2 Å². The molecule has 36 heavy (non-hydrogen) atoms. The fourth-order valence-corrected chi connectivity index (χ4v) is 3.52. The minimum atomic E-state index is -1.70. The predicted molar refractivity (Wildman–Crippen MR) is 129 cm³/mol. The molecule has 1 rings (SSSR count). The number of aliphatic hydroxyl groups is 1. The molecule has 1 aliphatic rings. The lowest BCUT2D eigenvalue weighted by atomic mass is 9.97. The van der Waals surface area contributed by atoms with Gasteiger partial charge in [0.2, 0.25) is 0 Å². The number of hydrogen-bond donors (Lipinski definition) is 1. The fraction of sp³-hybridized carbons (Fsp3) is 0.846. The van der Waals surface area contributed by atoms with Crippen LogP contribution in [0, 0.1) is 17.8 Å². The molecule has 1 heterocycles. The van der Waals surface area contributed by atoms with Crippen molar-refractivity contribution in [1.82, 2.24) is 0 Å². The summed E-state index contributed by atoms with van der Waals surface area (Å²) in [5.74, 6) is -2.29. The van der Waals surface area contributed by atoms with Gasteiger partial charge in [0.15, 0.2) is 24.6 Å². The molecule has 1 N–H and O–H groups in total. The van der Waals surface area contributed by atoms with Crippen molar-refractivity contribution < 1.29 is 48.0 Å². The summed E-state index contributed by atoms with van der Waals surface area (Å²) in [6.45, 7) is 12.3. The van der Waals surface area contributed by atoms with E-state index in [4.69, 9.17) is 23.7 Å². The highest BCUT2D eigenvalue weighted by Crippen LogP contribution is 2.30. The summed E-state index contributed by atoms with van der Waals surface area (Å²) in [5, 5.41) is 10.7. The monoisotopic (exact) mass is 516 g/mol. The van der Waals surface area contributed by atoms with Crippen LogP contribution in [0.5, 0.6) is 0 Å². The zero-order valence-electron chi connectivity index (χ0n) is 22.7. The van der Waals surface area contributed by atoms with Crippen LogP contribution in [0.2, 0.25) is 0 Å². The van der Waals surface area contributed by atoms with E-state index >= 15 is 0 Å². The van der Waals surface area contributed by atoms with Crippen molar-refractivity contribution >= 4 is 23.9 Å². The van der Waals surface area contributed by atoms with Crippen molar-refractivity contribution in [2.75, 3.05) is 6.61 Å². The lowest BCUT2D eigenvalue weighted by Gasteiger charge is -2.43. The number of ether oxygens (including phenoxy) is 5. The van der Waals surface area contributed by atoms with E-state index in [0.717, 1.165) is 19.3 Å². The van der Waals surface area contributed by atoms with Gasteiger partial charge in [0.1, 0.15) is 12.7 Å². The average Bonchev–Trinajstić information content (AvgIpc) is 2.81. The molecule has 0 aliphatic carbocycles. The molecule has 0 aromatic heterocycles. The first-order valence-electron chi connectivity index (χ1n) is 13.0. The summed E-state index contributed by atoms with van der Waals surface area (Å²) in [4.78, 5) is 49.5. The Balaban J connectivity index is 3.30. The third-order valence-electron chi connectivity index (χ3n) is 6.50. The molecule has 10 heteroatoms. The number of carbonyl (C=O) groups is 4. The van der Waals surface area contributed by atoms with Gasteiger partial charge in [0, 0.05) is 26.2 Å². The first-order valence-corrected chi connectivity index (χ1v) is 13.0. The van der Waals surface area contributed by atoms with Crippen LogP contribution in [-0.4, -0.2) is 66.3 Å². The normalized spacial score (nSPS) is 26.3. The molecule has 10 nitrogen and oxygen atoms in total. The van der Waals surface area contributed by atoms with Crippen LogP contribution in [0.3, 0.4) is 0 Å². The first kappa shape index (κ1) is 31.8. The summed E-state index contributed by atoms with van der Waals surface area (Å²) in [7, 11) is 0. The zero-order chi connectivity index (χ0) is 27.4. The SMILES string of the molecule is CC[C@H](C)CC(=O)O[C@@H]1[C@@H](OC(=O)C[C@@H](C)CC)[C@H](O)O[C@H](COC(C)=O)[C@H]1OC(=O)C[C@@H](C)CC. The molecule has 0 bridgehead atoms. The van der Waals surface area contributed by atoms with E-state index in [2.05, 4.69) is 0 Å². The highest BCUT2D eigenvalue weighted by molar-refractivity contribution is 5.72. The largest absolute Gasteiger partial charge is 0.463 e. The molecule has 0 saturated carbocycles. The summed E-state index contributed by atoms with van der Waals surface area (Å²) in [5.41, 5.74) is 0. The Morgan fingerprint density at radius 3 is 1.50 bits per heavy atom. The van der Waals surface area contributed by atoms with Crippen LogP contribution in [-0.2, 0) is 42.9 Å². The maximum atomic E-state index is 12.8. The second-order valence-corrected chi connectivity index (χ2v) is 9.88. The Kier molecular flexibility index (Phi) is 14.0. The van der Waals surface area contributed by atoms with E-state index in [1.807, 2.05) is 41.5 Å². The third-order valence-corrected chi connectivity index (χ3v) is 6.50. The molecule has 0 aromatic carbocycles. The zero-order valence-corrected chi connectivity index (χ0v) is 22.7. The Morgan fingerprint density at radius 1 is 0.722 bits per heavy atom. The van der Waals surface area contributed by atoms with Gasteiger partial charge in [0.05, 0.1) is 0 Å². The number of rotatable bonds is 14. The van der Waals surface area contributed by atoms with E-state index in [1.54, 1.807) is 0 Å². The number of carbonyl (C=O) groups excluding carboxylic acids is 4. The molecule has 1 aliphatic heterocycles. The van der Waals surface area contributed by atoms with E-state index in [-0.39, 0.29) is 43.6 Å².